The van der Waals surface area contributed by atoms with Crippen molar-refractivity contribution in [3.05, 3.63) is 11.8 Å². The lowest BCUT2D eigenvalue weighted by Crippen LogP contribution is -2.33. The van der Waals surface area contributed by atoms with Gasteiger partial charge in [0.2, 0.25) is 20.9 Å². The molecule has 1 aromatic rings. The minimum atomic E-state index is -4.73. The lowest BCUT2D eigenvalue weighted by atomic mass is 10.3. The number of ether oxygens (including phenoxy) is 1. The first kappa shape index (κ1) is 20.4. The Labute approximate surface area is 148 Å². The van der Waals surface area contributed by atoms with Crippen LogP contribution in [0.3, 0.4) is 0 Å². The molecule has 146 valence electrons. The van der Waals surface area contributed by atoms with Crippen LogP contribution in [0.2, 0.25) is 0 Å². The number of hydrogen-bond donors (Lipinski definition) is 1. The standard InChI is InChI=1S/C14H19F3N4O4S/c1-26(23,24)13-19-9-10(14(15,16)17)12(20-13)18-4-2-5-21-6-8-25-7-3-11(21)22/h9H,2-8H2,1H3,(H,18,19,20). The summed E-state index contributed by atoms with van der Waals surface area (Å²) in [7, 11) is -3.84. The van der Waals surface area contributed by atoms with Crippen LogP contribution in [-0.4, -0.2) is 68.3 Å². The van der Waals surface area contributed by atoms with E-state index in [-0.39, 0.29) is 18.9 Å². The minimum absolute atomic E-state index is 0.0696. The van der Waals surface area contributed by atoms with E-state index >= 15 is 0 Å². The van der Waals surface area contributed by atoms with E-state index in [4.69, 9.17) is 4.74 Å². The van der Waals surface area contributed by atoms with E-state index in [0.29, 0.717) is 38.9 Å². The van der Waals surface area contributed by atoms with Crippen LogP contribution in [0.5, 0.6) is 0 Å². The maximum atomic E-state index is 13.0. The molecule has 1 aliphatic heterocycles. The minimum Gasteiger partial charge on any atom is -0.379 e. The van der Waals surface area contributed by atoms with E-state index in [1.807, 2.05) is 0 Å². The lowest BCUT2D eigenvalue weighted by molar-refractivity contribution is -0.137. The van der Waals surface area contributed by atoms with Crippen LogP contribution in [0, 0.1) is 0 Å². The quantitative estimate of drug-likeness (QED) is 0.564. The highest BCUT2D eigenvalue weighted by atomic mass is 32.2. The number of anilines is 1. The van der Waals surface area contributed by atoms with Crippen LogP contribution in [0.1, 0.15) is 18.4 Å². The number of hydrogen-bond acceptors (Lipinski definition) is 7. The number of amides is 1. The van der Waals surface area contributed by atoms with Crippen molar-refractivity contribution in [1.29, 1.82) is 0 Å². The van der Waals surface area contributed by atoms with E-state index in [1.54, 1.807) is 4.90 Å². The summed E-state index contributed by atoms with van der Waals surface area (Å²) in [5.74, 6) is -0.668. The molecule has 1 amide bonds. The second kappa shape index (κ2) is 8.16. The van der Waals surface area contributed by atoms with E-state index in [2.05, 4.69) is 15.3 Å². The summed E-state index contributed by atoms with van der Waals surface area (Å²) in [5, 5.41) is 1.81. The molecule has 0 spiro atoms. The predicted molar refractivity (Wildman–Crippen MR) is 85.3 cm³/mol. The Morgan fingerprint density at radius 1 is 1.35 bits per heavy atom. The normalized spacial score (nSPS) is 16.5. The van der Waals surface area contributed by atoms with Gasteiger partial charge in [-0.25, -0.2) is 18.4 Å². The maximum Gasteiger partial charge on any atom is 0.421 e. The van der Waals surface area contributed by atoms with Crippen LogP contribution in [0.25, 0.3) is 0 Å². The van der Waals surface area contributed by atoms with Crippen molar-refractivity contribution < 1.29 is 31.1 Å². The van der Waals surface area contributed by atoms with Crippen LogP contribution >= 0.6 is 0 Å². The zero-order chi connectivity index (χ0) is 19.4. The largest absolute Gasteiger partial charge is 0.421 e. The summed E-state index contributed by atoms with van der Waals surface area (Å²) in [4.78, 5) is 20.2. The molecular weight excluding hydrogens is 377 g/mol. The highest BCUT2D eigenvalue weighted by Crippen LogP contribution is 2.33. The van der Waals surface area contributed by atoms with Gasteiger partial charge >= 0.3 is 6.18 Å². The zero-order valence-electron chi connectivity index (χ0n) is 14.0. The van der Waals surface area contributed by atoms with Gasteiger partial charge in [-0.2, -0.15) is 13.2 Å². The van der Waals surface area contributed by atoms with E-state index in [1.165, 1.54) is 0 Å². The van der Waals surface area contributed by atoms with Crippen molar-refractivity contribution in [2.24, 2.45) is 0 Å². The molecule has 0 unspecified atom stereocenters. The fourth-order valence-electron chi connectivity index (χ4n) is 2.32. The van der Waals surface area contributed by atoms with Gasteiger partial charge in [-0.1, -0.05) is 0 Å². The van der Waals surface area contributed by atoms with Crippen molar-refractivity contribution in [2.45, 2.75) is 24.2 Å². The number of halogens is 3. The second-order valence-electron chi connectivity index (χ2n) is 5.71. The summed E-state index contributed by atoms with van der Waals surface area (Å²) in [6.07, 6.45) is -2.83. The number of carbonyl (C=O) groups excluding carboxylic acids is 1. The lowest BCUT2D eigenvalue weighted by Gasteiger charge is -2.20. The number of sulfone groups is 1. The first-order valence-electron chi connectivity index (χ1n) is 7.82. The molecule has 12 heteroatoms. The van der Waals surface area contributed by atoms with Crippen molar-refractivity contribution in [2.75, 3.05) is 44.4 Å². The van der Waals surface area contributed by atoms with Crippen LogP contribution in [0.15, 0.2) is 11.4 Å². The van der Waals surface area contributed by atoms with Gasteiger partial charge < -0.3 is 15.0 Å². The smallest absolute Gasteiger partial charge is 0.379 e. The Balaban J connectivity index is 2.04. The Bertz CT molecular complexity index is 755. The van der Waals surface area contributed by atoms with Crippen LogP contribution < -0.4 is 5.32 Å². The van der Waals surface area contributed by atoms with Crippen molar-refractivity contribution in [3.63, 3.8) is 0 Å². The predicted octanol–water partition coefficient (Wildman–Crippen LogP) is 0.950. The molecular formula is C14H19F3N4O4S. The Morgan fingerprint density at radius 3 is 2.73 bits per heavy atom. The number of carbonyl (C=O) groups is 1. The molecule has 0 bridgehead atoms. The SMILES string of the molecule is CS(=O)(=O)c1ncc(C(F)(F)F)c(NCCCN2CCOCCC2=O)n1. The number of aromatic nitrogens is 2. The Hall–Kier alpha value is -1.95. The molecule has 0 saturated carbocycles. The molecule has 1 saturated heterocycles. The van der Waals surface area contributed by atoms with Gasteiger partial charge in [0.15, 0.2) is 0 Å². The molecule has 0 radical (unpaired) electrons. The summed E-state index contributed by atoms with van der Waals surface area (Å²) in [5.41, 5.74) is -1.15. The third-order valence-electron chi connectivity index (χ3n) is 3.62. The molecule has 0 atom stereocenters. The molecule has 2 rings (SSSR count). The number of rotatable bonds is 6. The molecule has 0 aliphatic carbocycles. The van der Waals surface area contributed by atoms with Gasteiger partial charge in [-0.05, 0) is 6.42 Å². The van der Waals surface area contributed by atoms with Gasteiger partial charge in [-0.15, -0.1) is 0 Å². The van der Waals surface area contributed by atoms with Crippen molar-refractivity contribution in [1.82, 2.24) is 14.9 Å². The van der Waals surface area contributed by atoms with Gasteiger partial charge in [0.05, 0.1) is 19.6 Å². The summed E-state index contributed by atoms with van der Waals surface area (Å²) >= 11 is 0. The fourth-order valence-corrected chi connectivity index (χ4v) is 2.82. The molecule has 1 aliphatic rings. The zero-order valence-corrected chi connectivity index (χ0v) is 14.9. The fraction of sp³-hybridized carbons (Fsp3) is 0.643. The van der Waals surface area contributed by atoms with Crippen LogP contribution in [-0.2, 0) is 25.5 Å². The summed E-state index contributed by atoms with van der Waals surface area (Å²) in [6, 6.07) is 0. The summed E-state index contributed by atoms with van der Waals surface area (Å²) < 4.78 is 67.2. The maximum absolute atomic E-state index is 13.0. The topological polar surface area (TPSA) is 101 Å². The average molecular weight is 396 g/mol. The molecule has 1 N–H and O–H groups in total. The van der Waals surface area contributed by atoms with Gasteiger partial charge in [0.25, 0.3) is 0 Å². The van der Waals surface area contributed by atoms with Crippen molar-refractivity contribution in [3.8, 4) is 0 Å². The van der Waals surface area contributed by atoms with Crippen LogP contribution in [0.4, 0.5) is 19.0 Å². The first-order valence-corrected chi connectivity index (χ1v) is 9.72. The molecule has 26 heavy (non-hydrogen) atoms. The van der Waals surface area contributed by atoms with E-state index in [9.17, 15) is 26.4 Å². The average Bonchev–Trinajstić information content (AvgIpc) is 2.74. The third kappa shape index (κ3) is 5.53. The van der Waals surface area contributed by atoms with Gasteiger partial charge in [0, 0.05) is 32.1 Å². The van der Waals surface area contributed by atoms with E-state index < -0.39 is 32.6 Å². The van der Waals surface area contributed by atoms with Gasteiger partial charge in [0.1, 0.15) is 11.4 Å². The molecule has 1 fully saturated rings. The number of nitrogens with zero attached hydrogens (tertiary/aromatic N) is 3. The third-order valence-corrected chi connectivity index (χ3v) is 4.48. The highest BCUT2D eigenvalue weighted by Gasteiger charge is 2.35. The van der Waals surface area contributed by atoms with Gasteiger partial charge in [-0.3, -0.25) is 4.79 Å². The Morgan fingerprint density at radius 2 is 2.08 bits per heavy atom. The van der Waals surface area contributed by atoms with E-state index in [0.717, 1.165) is 6.26 Å². The number of alkyl halides is 3. The molecule has 2 heterocycles. The number of nitrogens with one attached hydrogen (secondary N) is 1. The monoisotopic (exact) mass is 396 g/mol. The molecule has 8 nitrogen and oxygen atoms in total. The van der Waals surface area contributed by atoms with Crippen molar-refractivity contribution >= 4 is 21.6 Å². The Kier molecular flexibility index (Phi) is 6.39. The second-order valence-corrected chi connectivity index (χ2v) is 7.62. The summed E-state index contributed by atoms with van der Waals surface area (Å²) in [6.45, 7) is 1.63. The molecule has 1 aromatic heterocycles. The molecule has 0 aromatic carbocycles. The first-order chi connectivity index (χ1) is 12.1. The highest BCUT2D eigenvalue weighted by molar-refractivity contribution is 7.90.